The SMILES string of the molecule is Cc1ccc(S(=O)(=O)n2nc(NC3CCC3)c3c2CC(c2ccccc2)(c2cccc(F)c2)C=C3)cc1. The molecule has 0 saturated heterocycles. The summed E-state index contributed by atoms with van der Waals surface area (Å²) in [6.07, 6.45) is 7.55. The largest absolute Gasteiger partial charge is 0.365 e. The minimum Gasteiger partial charge on any atom is -0.365 e. The number of fused-ring (bicyclic) bond motifs is 1. The molecule has 1 fully saturated rings. The fraction of sp³-hybridized carbons (Fsp3) is 0.233. The quantitative estimate of drug-likeness (QED) is 0.339. The van der Waals surface area contributed by atoms with Crippen molar-refractivity contribution in [3.63, 3.8) is 0 Å². The molecule has 2 aliphatic rings. The molecule has 1 saturated carbocycles. The molecule has 2 aliphatic carbocycles. The fourth-order valence-corrected chi connectivity index (χ4v) is 6.58. The van der Waals surface area contributed by atoms with E-state index in [9.17, 15) is 12.8 Å². The molecule has 1 unspecified atom stereocenters. The van der Waals surface area contributed by atoms with Crippen molar-refractivity contribution < 1.29 is 12.8 Å². The maximum atomic E-state index is 14.5. The van der Waals surface area contributed by atoms with Crippen LogP contribution in [-0.4, -0.2) is 23.6 Å². The van der Waals surface area contributed by atoms with Crippen molar-refractivity contribution in [3.05, 3.63) is 119 Å². The molecule has 3 aromatic carbocycles. The Morgan fingerprint density at radius 1 is 0.973 bits per heavy atom. The van der Waals surface area contributed by atoms with Crippen LogP contribution in [0.3, 0.4) is 0 Å². The third-order valence-electron chi connectivity index (χ3n) is 7.59. The first kappa shape index (κ1) is 23.7. The Bertz CT molecular complexity index is 1590. The Morgan fingerprint density at radius 3 is 2.38 bits per heavy atom. The number of hydrogen-bond acceptors (Lipinski definition) is 4. The highest BCUT2D eigenvalue weighted by Crippen LogP contribution is 2.44. The van der Waals surface area contributed by atoms with Gasteiger partial charge in [-0.1, -0.05) is 72.3 Å². The Balaban J connectivity index is 1.55. The van der Waals surface area contributed by atoms with E-state index in [1.807, 2.05) is 49.4 Å². The molecule has 1 N–H and O–H groups in total. The molecule has 5 nitrogen and oxygen atoms in total. The van der Waals surface area contributed by atoms with Crippen LogP contribution in [0.25, 0.3) is 6.08 Å². The minimum absolute atomic E-state index is 0.184. The molecule has 0 amide bonds. The molecule has 6 rings (SSSR count). The summed E-state index contributed by atoms with van der Waals surface area (Å²) in [6, 6.07) is 23.5. The monoisotopic (exact) mass is 513 g/mol. The highest BCUT2D eigenvalue weighted by Gasteiger charge is 2.40. The van der Waals surface area contributed by atoms with Gasteiger partial charge in [-0.25, -0.2) is 4.39 Å². The Kier molecular flexibility index (Phi) is 5.75. The van der Waals surface area contributed by atoms with E-state index in [-0.39, 0.29) is 16.8 Å². The van der Waals surface area contributed by atoms with Crippen LogP contribution in [0.2, 0.25) is 0 Å². The van der Waals surface area contributed by atoms with Crippen LogP contribution in [0.15, 0.2) is 89.8 Å². The fourth-order valence-electron chi connectivity index (χ4n) is 5.26. The first-order valence-electron chi connectivity index (χ1n) is 12.6. The zero-order valence-corrected chi connectivity index (χ0v) is 21.4. The van der Waals surface area contributed by atoms with Crippen LogP contribution < -0.4 is 5.32 Å². The summed E-state index contributed by atoms with van der Waals surface area (Å²) in [5.41, 5.74) is 3.28. The lowest BCUT2D eigenvalue weighted by atomic mass is 9.68. The Hall–Kier alpha value is -3.71. The Morgan fingerprint density at radius 2 is 1.70 bits per heavy atom. The third kappa shape index (κ3) is 4.07. The highest BCUT2D eigenvalue weighted by molar-refractivity contribution is 7.89. The second-order valence-corrected chi connectivity index (χ2v) is 11.8. The number of hydrogen-bond donors (Lipinski definition) is 1. The first-order chi connectivity index (χ1) is 17.9. The van der Waals surface area contributed by atoms with Crippen molar-refractivity contribution in [2.45, 2.75) is 49.0 Å². The van der Waals surface area contributed by atoms with Gasteiger partial charge in [0.1, 0.15) is 5.82 Å². The van der Waals surface area contributed by atoms with E-state index >= 15 is 0 Å². The van der Waals surface area contributed by atoms with Crippen molar-refractivity contribution in [1.29, 1.82) is 0 Å². The smallest absolute Gasteiger partial charge is 0.283 e. The van der Waals surface area contributed by atoms with E-state index in [2.05, 4.69) is 16.5 Å². The van der Waals surface area contributed by atoms with Gasteiger partial charge in [-0.15, -0.1) is 5.10 Å². The van der Waals surface area contributed by atoms with Crippen LogP contribution in [-0.2, 0) is 21.9 Å². The second-order valence-electron chi connectivity index (χ2n) is 10.0. The van der Waals surface area contributed by atoms with Gasteiger partial charge in [0.2, 0.25) is 0 Å². The maximum absolute atomic E-state index is 14.5. The first-order valence-corrected chi connectivity index (χ1v) is 14.0. The highest BCUT2D eigenvalue weighted by atomic mass is 32.2. The normalized spacial score (nSPS) is 19.3. The van der Waals surface area contributed by atoms with Gasteiger partial charge in [-0.2, -0.15) is 12.5 Å². The summed E-state index contributed by atoms with van der Waals surface area (Å²) in [7, 11) is -3.97. The topological polar surface area (TPSA) is 64.0 Å². The standard InChI is InChI=1S/C30H28FN3O2S/c1-21-13-15-26(16-14-21)37(35,36)34-28-20-30(22-7-3-2-4-8-22,23-9-5-10-24(31)19-23)18-17-27(28)29(33-34)32-25-11-6-12-25/h2-5,7-10,13-19,25H,6,11-12,20H2,1H3,(H,32,33). The van der Waals surface area contributed by atoms with Crippen LogP contribution in [0.5, 0.6) is 0 Å². The van der Waals surface area contributed by atoms with Crippen molar-refractivity contribution in [1.82, 2.24) is 9.19 Å². The van der Waals surface area contributed by atoms with Gasteiger partial charge in [0.15, 0.2) is 5.82 Å². The van der Waals surface area contributed by atoms with Crippen LogP contribution in [0.4, 0.5) is 10.2 Å². The summed E-state index contributed by atoms with van der Waals surface area (Å²) in [6.45, 7) is 1.92. The predicted molar refractivity (Wildman–Crippen MR) is 144 cm³/mol. The van der Waals surface area contributed by atoms with Gasteiger partial charge in [-0.3, -0.25) is 0 Å². The minimum atomic E-state index is -3.97. The van der Waals surface area contributed by atoms with Gasteiger partial charge in [0, 0.05) is 23.4 Å². The van der Waals surface area contributed by atoms with Crippen molar-refractivity contribution in [3.8, 4) is 0 Å². The van der Waals surface area contributed by atoms with E-state index in [1.54, 1.807) is 30.3 Å². The van der Waals surface area contributed by atoms with E-state index < -0.39 is 15.4 Å². The van der Waals surface area contributed by atoms with Crippen molar-refractivity contribution >= 4 is 21.9 Å². The summed E-state index contributed by atoms with van der Waals surface area (Å²) >= 11 is 0. The van der Waals surface area contributed by atoms with Crippen LogP contribution in [0.1, 0.15) is 47.2 Å². The molecule has 4 aromatic rings. The lowest BCUT2D eigenvalue weighted by Crippen LogP contribution is -2.33. The molecular formula is C30H28FN3O2S. The Labute approximate surface area is 216 Å². The maximum Gasteiger partial charge on any atom is 0.283 e. The number of benzene rings is 3. The average Bonchev–Trinajstić information content (AvgIpc) is 3.25. The molecule has 1 aromatic heterocycles. The lowest BCUT2D eigenvalue weighted by Gasteiger charge is -2.35. The molecule has 0 radical (unpaired) electrons. The number of aryl methyl sites for hydroxylation is 1. The zero-order valence-electron chi connectivity index (χ0n) is 20.6. The molecule has 37 heavy (non-hydrogen) atoms. The number of rotatable bonds is 6. The molecule has 188 valence electrons. The van der Waals surface area contributed by atoms with Gasteiger partial charge >= 0.3 is 0 Å². The summed E-state index contributed by atoms with van der Waals surface area (Å²) in [5, 5.41) is 8.11. The number of anilines is 1. The summed E-state index contributed by atoms with van der Waals surface area (Å²) in [4.78, 5) is 0.184. The molecule has 1 atom stereocenters. The number of allylic oxidation sites excluding steroid dienone is 1. The number of aromatic nitrogens is 2. The average molecular weight is 514 g/mol. The molecule has 0 aliphatic heterocycles. The van der Waals surface area contributed by atoms with Gasteiger partial charge < -0.3 is 5.32 Å². The van der Waals surface area contributed by atoms with Crippen LogP contribution in [0, 0.1) is 12.7 Å². The van der Waals surface area contributed by atoms with Crippen LogP contribution >= 0.6 is 0 Å². The van der Waals surface area contributed by atoms with E-state index in [1.165, 1.54) is 16.2 Å². The van der Waals surface area contributed by atoms with E-state index in [4.69, 9.17) is 0 Å². The number of nitrogens with zero attached hydrogens (tertiary/aromatic N) is 2. The van der Waals surface area contributed by atoms with Gasteiger partial charge in [0.25, 0.3) is 10.0 Å². The molecular weight excluding hydrogens is 485 g/mol. The molecule has 7 heteroatoms. The number of halogens is 1. The van der Waals surface area contributed by atoms with Crippen molar-refractivity contribution in [2.24, 2.45) is 0 Å². The van der Waals surface area contributed by atoms with Crippen molar-refractivity contribution in [2.75, 3.05) is 5.32 Å². The predicted octanol–water partition coefficient (Wildman–Crippen LogP) is 6.09. The van der Waals surface area contributed by atoms with Gasteiger partial charge in [0.05, 0.1) is 10.6 Å². The molecule has 0 bridgehead atoms. The number of nitrogens with one attached hydrogen (secondary N) is 1. The van der Waals surface area contributed by atoms with E-state index in [0.717, 1.165) is 41.5 Å². The summed E-state index contributed by atoms with van der Waals surface area (Å²) < 4.78 is 43.5. The molecule has 1 heterocycles. The second kappa shape index (κ2) is 8.99. The summed E-state index contributed by atoms with van der Waals surface area (Å²) in [5.74, 6) is 0.243. The lowest BCUT2D eigenvalue weighted by molar-refractivity contribution is 0.444. The third-order valence-corrected chi connectivity index (χ3v) is 9.22. The molecule has 0 spiro atoms. The zero-order chi connectivity index (χ0) is 25.6. The van der Waals surface area contributed by atoms with Gasteiger partial charge in [-0.05, 0) is 61.6 Å². The van der Waals surface area contributed by atoms with E-state index in [0.29, 0.717) is 17.9 Å².